The SMILES string of the molecule is CN(CCc1ccccn1)c1cc(C(=O)O)c(Cl)cn1. The number of rotatable bonds is 5. The second-order valence-corrected chi connectivity index (χ2v) is 4.73. The number of aromatic nitrogens is 2. The minimum absolute atomic E-state index is 0.0568. The number of carbonyl (C=O) groups is 1. The van der Waals surface area contributed by atoms with Gasteiger partial charge in [-0.3, -0.25) is 4.98 Å². The van der Waals surface area contributed by atoms with Gasteiger partial charge in [-0.25, -0.2) is 9.78 Å². The number of nitrogens with zero attached hydrogens (tertiary/aromatic N) is 3. The van der Waals surface area contributed by atoms with Crippen molar-refractivity contribution >= 4 is 23.4 Å². The minimum atomic E-state index is -1.06. The summed E-state index contributed by atoms with van der Waals surface area (Å²) in [5, 5.41) is 9.18. The van der Waals surface area contributed by atoms with E-state index >= 15 is 0 Å². The maximum atomic E-state index is 11.0. The second kappa shape index (κ2) is 6.34. The van der Waals surface area contributed by atoms with Crippen molar-refractivity contribution < 1.29 is 9.90 Å². The van der Waals surface area contributed by atoms with Gasteiger partial charge in [0.2, 0.25) is 0 Å². The van der Waals surface area contributed by atoms with Gasteiger partial charge in [-0.15, -0.1) is 0 Å². The molecule has 5 nitrogen and oxygen atoms in total. The van der Waals surface area contributed by atoms with Gasteiger partial charge in [0.15, 0.2) is 0 Å². The summed E-state index contributed by atoms with van der Waals surface area (Å²) < 4.78 is 0. The third-order valence-corrected chi connectivity index (χ3v) is 3.19. The Morgan fingerprint density at radius 2 is 2.20 bits per heavy atom. The van der Waals surface area contributed by atoms with E-state index in [1.54, 1.807) is 6.20 Å². The number of carboxylic acid groups (broad SMARTS) is 1. The largest absolute Gasteiger partial charge is 0.478 e. The summed E-state index contributed by atoms with van der Waals surface area (Å²) in [5.41, 5.74) is 1.04. The van der Waals surface area contributed by atoms with Crippen LogP contribution in [-0.4, -0.2) is 34.6 Å². The maximum Gasteiger partial charge on any atom is 0.337 e. The summed E-state index contributed by atoms with van der Waals surface area (Å²) in [4.78, 5) is 21.3. The van der Waals surface area contributed by atoms with E-state index in [0.29, 0.717) is 12.4 Å². The average Bonchev–Trinajstić information content (AvgIpc) is 2.46. The highest BCUT2D eigenvalue weighted by Gasteiger charge is 2.12. The molecule has 6 heteroatoms. The van der Waals surface area contributed by atoms with Crippen LogP contribution in [0, 0.1) is 0 Å². The van der Waals surface area contributed by atoms with Crippen molar-refractivity contribution in [1.29, 1.82) is 0 Å². The molecule has 2 aromatic rings. The number of halogens is 1. The Hall–Kier alpha value is -2.14. The van der Waals surface area contributed by atoms with Crippen LogP contribution in [-0.2, 0) is 6.42 Å². The summed E-state index contributed by atoms with van der Waals surface area (Å²) in [6, 6.07) is 7.23. The molecule has 104 valence electrons. The van der Waals surface area contributed by atoms with Crippen LogP contribution < -0.4 is 4.90 Å². The smallest absolute Gasteiger partial charge is 0.337 e. The topological polar surface area (TPSA) is 66.3 Å². The van der Waals surface area contributed by atoms with Crippen LogP contribution in [0.4, 0.5) is 5.82 Å². The lowest BCUT2D eigenvalue weighted by Gasteiger charge is -2.18. The minimum Gasteiger partial charge on any atom is -0.478 e. The van der Waals surface area contributed by atoms with Gasteiger partial charge in [-0.2, -0.15) is 0 Å². The lowest BCUT2D eigenvalue weighted by molar-refractivity contribution is 0.0697. The summed E-state index contributed by atoms with van der Waals surface area (Å²) in [6.07, 6.45) is 3.86. The highest BCUT2D eigenvalue weighted by atomic mass is 35.5. The predicted molar refractivity (Wildman–Crippen MR) is 77.4 cm³/mol. The molecular weight excluding hydrogens is 278 g/mol. The molecule has 0 radical (unpaired) electrons. The first kappa shape index (κ1) is 14.3. The Kier molecular flexibility index (Phi) is 4.53. The summed E-state index contributed by atoms with van der Waals surface area (Å²) in [5.74, 6) is -0.487. The lowest BCUT2D eigenvalue weighted by Crippen LogP contribution is -2.22. The number of carboxylic acids is 1. The van der Waals surface area contributed by atoms with Gasteiger partial charge < -0.3 is 10.0 Å². The molecule has 0 amide bonds. The van der Waals surface area contributed by atoms with E-state index in [-0.39, 0.29) is 10.6 Å². The Labute approximate surface area is 121 Å². The number of hydrogen-bond acceptors (Lipinski definition) is 4. The molecule has 0 atom stereocenters. The fourth-order valence-corrected chi connectivity index (χ4v) is 1.93. The van der Waals surface area contributed by atoms with Crippen molar-refractivity contribution in [2.45, 2.75) is 6.42 Å². The van der Waals surface area contributed by atoms with Gasteiger partial charge in [0.1, 0.15) is 5.82 Å². The fraction of sp³-hybridized carbons (Fsp3) is 0.214. The number of hydrogen-bond donors (Lipinski definition) is 1. The van der Waals surface area contributed by atoms with E-state index in [1.165, 1.54) is 12.3 Å². The number of anilines is 1. The Morgan fingerprint density at radius 3 is 2.85 bits per heavy atom. The van der Waals surface area contributed by atoms with Gasteiger partial charge in [0, 0.05) is 38.1 Å². The van der Waals surface area contributed by atoms with Crippen molar-refractivity contribution in [3.63, 3.8) is 0 Å². The molecule has 0 spiro atoms. The lowest BCUT2D eigenvalue weighted by atomic mass is 10.2. The van der Waals surface area contributed by atoms with Crippen LogP contribution in [0.15, 0.2) is 36.7 Å². The fourth-order valence-electron chi connectivity index (χ4n) is 1.74. The summed E-state index contributed by atoms with van der Waals surface area (Å²) >= 11 is 5.80. The van der Waals surface area contributed by atoms with E-state index in [0.717, 1.165) is 12.1 Å². The molecule has 0 saturated heterocycles. The first-order valence-corrected chi connectivity index (χ1v) is 6.45. The molecule has 0 unspecified atom stereocenters. The molecule has 20 heavy (non-hydrogen) atoms. The molecule has 2 aromatic heterocycles. The molecule has 2 rings (SSSR count). The molecule has 0 bridgehead atoms. The van der Waals surface area contributed by atoms with Gasteiger partial charge in [0.25, 0.3) is 0 Å². The van der Waals surface area contributed by atoms with E-state index in [2.05, 4.69) is 9.97 Å². The van der Waals surface area contributed by atoms with Crippen LogP contribution in [0.3, 0.4) is 0 Å². The van der Waals surface area contributed by atoms with Crippen molar-refractivity contribution in [1.82, 2.24) is 9.97 Å². The molecule has 0 saturated carbocycles. The van der Waals surface area contributed by atoms with Crippen molar-refractivity contribution in [3.05, 3.63) is 52.9 Å². The van der Waals surface area contributed by atoms with Crippen molar-refractivity contribution in [3.8, 4) is 0 Å². The summed E-state index contributed by atoms with van der Waals surface area (Å²) in [7, 11) is 1.85. The van der Waals surface area contributed by atoms with Gasteiger partial charge in [0.05, 0.1) is 10.6 Å². The van der Waals surface area contributed by atoms with Gasteiger partial charge in [-0.1, -0.05) is 17.7 Å². The Balaban J connectivity index is 2.07. The van der Waals surface area contributed by atoms with E-state index in [1.807, 2.05) is 30.1 Å². The maximum absolute atomic E-state index is 11.0. The average molecular weight is 292 g/mol. The zero-order valence-electron chi connectivity index (χ0n) is 11.0. The third-order valence-electron chi connectivity index (χ3n) is 2.89. The van der Waals surface area contributed by atoms with Crippen LogP contribution in [0.2, 0.25) is 5.02 Å². The first-order valence-electron chi connectivity index (χ1n) is 6.08. The number of aromatic carboxylic acids is 1. The Morgan fingerprint density at radius 1 is 1.40 bits per heavy atom. The van der Waals surface area contributed by atoms with Crippen molar-refractivity contribution in [2.24, 2.45) is 0 Å². The Bertz CT molecular complexity index is 605. The van der Waals surface area contributed by atoms with Crippen LogP contribution in [0.5, 0.6) is 0 Å². The van der Waals surface area contributed by atoms with Crippen molar-refractivity contribution in [2.75, 3.05) is 18.5 Å². The zero-order valence-corrected chi connectivity index (χ0v) is 11.7. The quantitative estimate of drug-likeness (QED) is 0.917. The van der Waals surface area contributed by atoms with Crippen LogP contribution in [0.1, 0.15) is 16.1 Å². The van der Waals surface area contributed by atoms with E-state index in [9.17, 15) is 4.79 Å². The van der Waals surface area contributed by atoms with E-state index < -0.39 is 5.97 Å². The molecule has 0 aliphatic rings. The molecule has 0 aliphatic heterocycles. The van der Waals surface area contributed by atoms with Gasteiger partial charge in [-0.05, 0) is 18.2 Å². The molecular formula is C14H14ClN3O2. The standard InChI is InChI=1S/C14H14ClN3O2/c1-18(7-5-10-4-2-3-6-16-10)13-8-11(14(19)20)12(15)9-17-13/h2-4,6,8-9H,5,7H2,1H3,(H,19,20). The first-order chi connectivity index (χ1) is 9.58. The molecule has 0 aromatic carbocycles. The molecule has 2 heterocycles. The zero-order chi connectivity index (χ0) is 14.5. The predicted octanol–water partition coefficient (Wildman–Crippen LogP) is 2.51. The highest BCUT2D eigenvalue weighted by molar-refractivity contribution is 6.33. The number of pyridine rings is 2. The third kappa shape index (κ3) is 3.45. The highest BCUT2D eigenvalue weighted by Crippen LogP contribution is 2.20. The number of likely N-dealkylation sites (N-methyl/N-ethyl adjacent to an activating group) is 1. The summed E-state index contributed by atoms with van der Waals surface area (Å²) in [6.45, 7) is 0.685. The molecule has 0 aliphatic carbocycles. The second-order valence-electron chi connectivity index (χ2n) is 4.32. The van der Waals surface area contributed by atoms with Crippen LogP contribution in [0.25, 0.3) is 0 Å². The molecule has 1 N–H and O–H groups in total. The monoisotopic (exact) mass is 291 g/mol. The molecule has 0 fully saturated rings. The van der Waals surface area contributed by atoms with E-state index in [4.69, 9.17) is 16.7 Å². The normalized spacial score (nSPS) is 10.3. The van der Waals surface area contributed by atoms with Gasteiger partial charge >= 0.3 is 5.97 Å². The van der Waals surface area contributed by atoms with Crippen LogP contribution >= 0.6 is 11.6 Å².